The minimum Gasteiger partial charge on any atom is -0.480 e. The number of carbonyl (C=O) groups excluding carboxylic acids is 1. The number of aromatic nitrogens is 4. The third kappa shape index (κ3) is 6.25. The molecule has 0 bridgehead atoms. The summed E-state index contributed by atoms with van der Waals surface area (Å²) in [4.78, 5) is 24.5. The molecule has 0 aliphatic carbocycles. The van der Waals surface area contributed by atoms with Crippen LogP contribution >= 0.6 is 0 Å². The Bertz CT molecular complexity index is 739. The standard InChI is InChI=1S/C17H23N5O4/c1-17(2,3)26-10-9-13(16(24)25)18-14(23)11-22-20-15(19-21-22)12-7-5-4-6-8-12/h4-8,13H,9-11H2,1-3H3,(H,18,23)(H,24,25). The molecular weight excluding hydrogens is 338 g/mol. The maximum atomic E-state index is 12.1. The molecule has 0 spiro atoms. The van der Waals surface area contributed by atoms with Crippen molar-refractivity contribution in [3.05, 3.63) is 30.3 Å². The van der Waals surface area contributed by atoms with E-state index in [1.165, 1.54) is 0 Å². The Morgan fingerprint density at radius 3 is 2.58 bits per heavy atom. The second-order valence-electron chi connectivity index (χ2n) is 6.72. The lowest BCUT2D eigenvalue weighted by Gasteiger charge is -2.21. The molecule has 9 nitrogen and oxygen atoms in total. The minimum atomic E-state index is -1.12. The van der Waals surface area contributed by atoms with Gasteiger partial charge in [-0.3, -0.25) is 4.79 Å². The number of aliphatic carboxylic acids is 1. The SMILES string of the molecule is CC(C)(C)OCCC(NC(=O)Cn1nnc(-c2ccccc2)n1)C(=O)O. The number of nitrogens with one attached hydrogen (secondary N) is 1. The number of nitrogens with zero attached hydrogens (tertiary/aromatic N) is 4. The predicted molar refractivity (Wildman–Crippen MR) is 93.1 cm³/mol. The highest BCUT2D eigenvalue weighted by Gasteiger charge is 2.22. The molecule has 1 heterocycles. The zero-order chi connectivity index (χ0) is 19.2. The first-order chi connectivity index (χ1) is 12.2. The summed E-state index contributed by atoms with van der Waals surface area (Å²) in [5.74, 6) is -1.23. The lowest BCUT2D eigenvalue weighted by molar-refractivity contribution is -0.143. The summed E-state index contributed by atoms with van der Waals surface area (Å²) in [7, 11) is 0. The molecular formula is C17H23N5O4. The van der Waals surface area contributed by atoms with Crippen LogP contribution in [-0.2, 0) is 20.9 Å². The average Bonchev–Trinajstić information content (AvgIpc) is 3.02. The van der Waals surface area contributed by atoms with Gasteiger partial charge < -0.3 is 15.2 Å². The van der Waals surface area contributed by atoms with Crippen molar-refractivity contribution in [3.8, 4) is 11.4 Å². The molecule has 2 rings (SSSR count). The lowest BCUT2D eigenvalue weighted by Crippen LogP contribution is -2.43. The number of tetrazole rings is 1. The van der Waals surface area contributed by atoms with Crippen molar-refractivity contribution in [2.75, 3.05) is 6.61 Å². The summed E-state index contributed by atoms with van der Waals surface area (Å²) in [5.41, 5.74) is 0.410. The van der Waals surface area contributed by atoms with E-state index in [0.717, 1.165) is 10.4 Å². The van der Waals surface area contributed by atoms with E-state index in [4.69, 9.17) is 4.74 Å². The van der Waals surface area contributed by atoms with E-state index in [9.17, 15) is 14.7 Å². The first-order valence-electron chi connectivity index (χ1n) is 8.24. The molecule has 1 amide bonds. The number of hydrogen-bond donors (Lipinski definition) is 2. The van der Waals surface area contributed by atoms with E-state index in [0.29, 0.717) is 5.82 Å². The highest BCUT2D eigenvalue weighted by atomic mass is 16.5. The van der Waals surface area contributed by atoms with E-state index in [1.807, 2.05) is 51.1 Å². The van der Waals surface area contributed by atoms with Crippen molar-refractivity contribution in [3.63, 3.8) is 0 Å². The molecule has 2 N–H and O–H groups in total. The van der Waals surface area contributed by atoms with Crippen LogP contribution in [0.4, 0.5) is 0 Å². The Balaban J connectivity index is 1.90. The van der Waals surface area contributed by atoms with Crippen molar-refractivity contribution >= 4 is 11.9 Å². The van der Waals surface area contributed by atoms with E-state index < -0.39 is 17.9 Å². The molecule has 2 aromatic rings. The van der Waals surface area contributed by atoms with Crippen molar-refractivity contribution in [2.45, 2.75) is 45.4 Å². The van der Waals surface area contributed by atoms with Gasteiger partial charge in [0.15, 0.2) is 0 Å². The third-order valence-electron chi connectivity index (χ3n) is 3.34. The van der Waals surface area contributed by atoms with Gasteiger partial charge in [0, 0.05) is 18.6 Å². The van der Waals surface area contributed by atoms with Crippen LogP contribution in [0.25, 0.3) is 11.4 Å². The summed E-state index contributed by atoms with van der Waals surface area (Å²) in [6.07, 6.45) is 0.165. The Morgan fingerprint density at radius 1 is 1.27 bits per heavy atom. The van der Waals surface area contributed by atoms with Crippen molar-refractivity contribution in [1.82, 2.24) is 25.5 Å². The molecule has 26 heavy (non-hydrogen) atoms. The first-order valence-corrected chi connectivity index (χ1v) is 8.24. The number of carbonyl (C=O) groups is 2. The zero-order valence-electron chi connectivity index (χ0n) is 15.0. The predicted octanol–water partition coefficient (Wildman–Crippen LogP) is 1.11. The molecule has 0 aliphatic heterocycles. The van der Waals surface area contributed by atoms with Crippen LogP contribution in [0.2, 0.25) is 0 Å². The summed E-state index contributed by atoms with van der Waals surface area (Å²) in [6, 6.07) is 8.19. The summed E-state index contributed by atoms with van der Waals surface area (Å²) < 4.78 is 5.51. The van der Waals surface area contributed by atoms with Crippen LogP contribution < -0.4 is 5.32 Å². The first kappa shape index (κ1) is 19.5. The molecule has 140 valence electrons. The summed E-state index contributed by atoms with van der Waals surface area (Å²) >= 11 is 0. The van der Waals surface area contributed by atoms with Gasteiger partial charge in [0.25, 0.3) is 0 Å². The molecule has 1 atom stereocenters. The molecule has 9 heteroatoms. The van der Waals surface area contributed by atoms with E-state index in [1.54, 1.807) is 0 Å². The van der Waals surface area contributed by atoms with Gasteiger partial charge in [-0.2, -0.15) is 4.80 Å². The molecule has 1 aromatic carbocycles. The Hall–Kier alpha value is -2.81. The van der Waals surface area contributed by atoms with Gasteiger partial charge in [0.2, 0.25) is 11.7 Å². The van der Waals surface area contributed by atoms with Gasteiger partial charge in [0.05, 0.1) is 5.60 Å². The number of ether oxygens (including phenoxy) is 1. The van der Waals surface area contributed by atoms with Crippen LogP contribution in [0.3, 0.4) is 0 Å². The molecule has 0 saturated carbocycles. The Kier molecular flexibility index (Phi) is 6.40. The average molecular weight is 361 g/mol. The fourth-order valence-electron chi connectivity index (χ4n) is 2.12. The molecule has 0 aliphatic rings. The highest BCUT2D eigenvalue weighted by Crippen LogP contribution is 2.11. The zero-order valence-corrected chi connectivity index (χ0v) is 15.0. The number of carboxylic acids is 1. The largest absolute Gasteiger partial charge is 0.480 e. The topological polar surface area (TPSA) is 119 Å². The van der Waals surface area contributed by atoms with Gasteiger partial charge in [-0.05, 0) is 26.0 Å². The van der Waals surface area contributed by atoms with E-state index in [2.05, 4.69) is 20.7 Å². The van der Waals surface area contributed by atoms with Crippen LogP contribution in [0.1, 0.15) is 27.2 Å². The molecule has 1 unspecified atom stereocenters. The van der Waals surface area contributed by atoms with Crippen molar-refractivity contribution < 1.29 is 19.4 Å². The van der Waals surface area contributed by atoms with Gasteiger partial charge in [-0.25, -0.2) is 4.79 Å². The van der Waals surface area contributed by atoms with Crippen LogP contribution in [0.5, 0.6) is 0 Å². The summed E-state index contributed by atoms with van der Waals surface area (Å²) in [6.45, 7) is 5.64. The van der Waals surface area contributed by atoms with Crippen LogP contribution in [0.15, 0.2) is 30.3 Å². The number of rotatable bonds is 8. The van der Waals surface area contributed by atoms with Gasteiger partial charge in [-0.15, -0.1) is 10.2 Å². The van der Waals surface area contributed by atoms with Gasteiger partial charge in [-0.1, -0.05) is 30.3 Å². The maximum Gasteiger partial charge on any atom is 0.326 e. The van der Waals surface area contributed by atoms with Gasteiger partial charge in [0.1, 0.15) is 12.6 Å². The van der Waals surface area contributed by atoms with Crippen molar-refractivity contribution in [1.29, 1.82) is 0 Å². The minimum absolute atomic E-state index is 0.165. The number of amides is 1. The maximum absolute atomic E-state index is 12.1. The summed E-state index contributed by atoms with van der Waals surface area (Å²) in [5, 5.41) is 23.5. The monoisotopic (exact) mass is 361 g/mol. The number of hydrogen-bond acceptors (Lipinski definition) is 6. The highest BCUT2D eigenvalue weighted by molar-refractivity contribution is 5.83. The van der Waals surface area contributed by atoms with Crippen LogP contribution in [-0.4, -0.2) is 55.4 Å². The smallest absolute Gasteiger partial charge is 0.326 e. The number of benzene rings is 1. The Labute approximate surface area is 151 Å². The van der Waals surface area contributed by atoms with Crippen molar-refractivity contribution in [2.24, 2.45) is 0 Å². The second kappa shape index (κ2) is 8.52. The van der Waals surface area contributed by atoms with E-state index in [-0.39, 0.29) is 25.2 Å². The normalized spacial score (nSPS) is 12.6. The fraction of sp³-hybridized carbons (Fsp3) is 0.471. The van der Waals surface area contributed by atoms with Crippen LogP contribution in [0, 0.1) is 0 Å². The second-order valence-corrected chi connectivity index (χ2v) is 6.72. The lowest BCUT2D eigenvalue weighted by atomic mass is 10.2. The molecule has 0 radical (unpaired) electrons. The quantitative estimate of drug-likeness (QED) is 0.723. The van der Waals surface area contributed by atoms with Gasteiger partial charge >= 0.3 is 5.97 Å². The third-order valence-corrected chi connectivity index (χ3v) is 3.34. The molecule has 0 fully saturated rings. The Morgan fingerprint density at radius 2 is 1.96 bits per heavy atom. The number of carboxylic acid groups (broad SMARTS) is 1. The molecule has 1 aromatic heterocycles. The molecule has 0 saturated heterocycles. The van der Waals surface area contributed by atoms with E-state index >= 15 is 0 Å². The fourth-order valence-corrected chi connectivity index (χ4v) is 2.12.